The predicted molar refractivity (Wildman–Crippen MR) is 74.6 cm³/mol. The van der Waals surface area contributed by atoms with E-state index >= 15 is 0 Å². The maximum atomic E-state index is 11.9. The molecule has 7 heteroatoms. The van der Waals surface area contributed by atoms with Crippen molar-refractivity contribution in [2.24, 2.45) is 5.41 Å². The van der Waals surface area contributed by atoms with Gasteiger partial charge >= 0.3 is 12.0 Å². The maximum Gasteiger partial charge on any atom is 0.315 e. The van der Waals surface area contributed by atoms with Crippen LogP contribution in [0.25, 0.3) is 0 Å². The van der Waals surface area contributed by atoms with E-state index in [9.17, 15) is 14.7 Å². The number of nitrogens with zero attached hydrogens (tertiary/aromatic N) is 1. The first kappa shape index (κ1) is 15.3. The Morgan fingerprint density at radius 3 is 2.95 bits per heavy atom. The van der Waals surface area contributed by atoms with Crippen LogP contribution in [-0.4, -0.2) is 28.1 Å². The van der Waals surface area contributed by atoms with E-state index in [0.29, 0.717) is 18.7 Å². The van der Waals surface area contributed by atoms with Gasteiger partial charge in [-0.2, -0.15) is 0 Å². The molecule has 0 spiro atoms. The minimum atomic E-state index is -0.893. The second-order valence-electron chi connectivity index (χ2n) is 5.57. The first-order valence-corrected chi connectivity index (χ1v) is 7.17. The van der Waals surface area contributed by atoms with E-state index in [4.69, 9.17) is 4.42 Å². The number of amides is 2. The lowest BCUT2D eigenvalue weighted by molar-refractivity contribution is -0.148. The van der Waals surface area contributed by atoms with Gasteiger partial charge in [0.15, 0.2) is 0 Å². The first-order valence-electron chi connectivity index (χ1n) is 7.17. The number of carboxylic acids is 1. The van der Waals surface area contributed by atoms with Crippen molar-refractivity contribution in [3.8, 4) is 0 Å². The Balaban J connectivity index is 1.85. The molecule has 1 aromatic heterocycles. The van der Waals surface area contributed by atoms with Crippen LogP contribution < -0.4 is 10.6 Å². The van der Waals surface area contributed by atoms with Crippen LogP contribution in [0, 0.1) is 5.41 Å². The zero-order valence-corrected chi connectivity index (χ0v) is 12.3. The highest BCUT2D eigenvalue weighted by Gasteiger charge is 2.45. The molecular weight excluding hydrogens is 274 g/mol. The van der Waals surface area contributed by atoms with Gasteiger partial charge < -0.3 is 20.2 Å². The summed E-state index contributed by atoms with van der Waals surface area (Å²) >= 11 is 0. The van der Waals surface area contributed by atoms with Crippen molar-refractivity contribution >= 4 is 12.0 Å². The molecule has 1 fully saturated rings. The third kappa shape index (κ3) is 3.34. The Bertz CT molecular complexity index is 528. The molecule has 1 aliphatic carbocycles. The van der Waals surface area contributed by atoms with Crippen LogP contribution in [0.15, 0.2) is 10.6 Å². The first-order chi connectivity index (χ1) is 9.95. The molecule has 2 amide bonds. The van der Waals surface area contributed by atoms with Crippen molar-refractivity contribution in [3.63, 3.8) is 0 Å². The number of hydrogen-bond donors (Lipinski definition) is 3. The van der Waals surface area contributed by atoms with E-state index in [1.807, 2.05) is 6.92 Å². The predicted octanol–water partition coefficient (Wildman–Crippen LogP) is 1.68. The zero-order valence-electron chi connectivity index (χ0n) is 12.3. The van der Waals surface area contributed by atoms with Gasteiger partial charge in [-0.25, -0.2) is 9.78 Å². The summed E-state index contributed by atoms with van der Waals surface area (Å²) in [5.41, 5.74) is -0.893. The summed E-state index contributed by atoms with van der Waals surface area (Å²) in [4.78, 5) is 27.3. The van der Waals surface area contributed by atoms with E-state index in [-0.39, 0.29) is 12.6 Å². The van der Waals surface area contributed by atoms with Crippen LogP contribution in [0.1, 0.15) is 44.8 Å². The molecule has 1 aromatic rings. The average Bonchev–Trinajstić information content (AvgIpc) is 3.05. The zero-order chi connectivity index (χ0) is 15.5. The third-order valence-corrected chi connectivity index (χ3v) is 4.10. The Kier molecular flexibility index (Phi) is 4.50. The highest BCUT2D eigenvalue weighted by Crippen LogP contribution is 2.38. The molecule has 3 N–H and O–H groups in total. The third-order valence-electron chi connectivity index (χ3n) is 4.10. The van der Waals surface area contributed by atoms with Gasteiger partial charge in [0.05, 0.1) is 18.2 Å². The van der Waals surface area contributed by atoms with E-state index in [1.54, 1.807) is 13.1 Å². The molecule has 2 unspecified atom stereocenters. The van der Waals surface area contributed by atoms with Crippen LogP contribution in [0.5, 0.6) is 0 Å². The number of carboxylic acid groups (broad SMARTS) is 1. The number of aliphatic carboxylic acids is 1. The molecule has 116 valence electrons. The number of aryl methyl sites for hydroxylation is 1. The van der Waals surface area contributed by atoms with E-state index in [0.717, 1.165) is 18.6 Å². The van der Waals surface area contributed by atoms with Gasteiger partial charge in [-0.15, -0.1) is 0 Å². The van der Waals surface area contributed by atoms with Gasteiger partial charge in [0.1, 0.15) is 5.76 Å². The Morgan fingerprint density at radius 2 is 2.33 bits per heavy atom. The number of hydrogen-bond acceptors (Lipinski definition) is 4. The molecule has 1 heterocycles. The monoisotopic (exact) mass is 295 g/mol. The molecule has 0 radical (unpaired) electrons. The number of aromatic nitrogens is 1. The second kappa shape index (κ2) is 6.15. The fourth-order valence-corrected chi connectivity index (χ4v) is 2.61. The smallest absolute Gasteiger partial charge is 0.315 e. The van der Waals surface area contributed by atoms with Gasteiger partial charge in [0, 0.05) is 12.5 Å². The summed E-state index contributed by atoms with van der Waals surface area (Å²) in [6.07, 6.45) is 4.43. The lowest BCUT2D eigenvalue weighted by atomic mass is 9.85. The molecule has 2 rings (SSSR count). The van der Waals surface area contributed by atoms with Gasteiger partial charge in [-0.3, -0.25) is 4.79 Å². The molecule has 0 saturated heterocycles. The van der Waals surface area contributed by atoms with Crippen LogP contribution in [0.4, 0.5) is 4.79 Å². The Morgan fingerprint density at radius 1 is 1.57 bits per heavy atom. The van der Waals surface area contributed by atoms with Crippen molar-refractivity contribution in [1.82, 2.24) is 15.6 Å². The molecule has 2 atom stereocenters. The molecule has 1 saturated carbocycles. The largest absolute Gasteiger partial charge is 0.481 e. The fourth-order valence-electron chi connectivity index (χ4n) is 2.61. The minimum Gasteiger partial charge on any atom is -0.481 e. The summed E-state index contributed by atoms with van der Waals surface area (Å²) in [5, 5.41) is 14.7. The van der Waals surface area contributed by atoms with Crippen LogP contribution >= 0.6 is 0 Å². The fraction of sp³-hybridized carbons (Fsp3) is 0.643. The Labute approximate surface area is 123 Å². The summed E-state index contributed by atoms with van der Waals surface area (Å²) in [5.74, 6) is 0.335. The highest BCUT2D eigenvalue weighted by atomic mass is 16.4. The topological polar surface area (TPSA) is 104 Å². The molecule has 0 aromatic carbocycles. The lowest BCUT2D eigenvalue weighted by Gasteiger charge is -2.27. The summed E-state index contributed by atoms with van der Waals surface area (Å²) in [7, 11) is 0. The number of oxazole rings is 1. The van der Waals surface area contributed by atoms with Gasteiger partial charge in [0.2, 0.25) is 5.89 Å². The average molecular weight is 295 g/mol. The SMILES string of the molecule is CCc1cnc(CNC(=O)NC2CCCC2(C)C(=O)O)o1. The van der Waals surface area contributed by atoms with E-state index in [1.165, 1.54) is 0 Å². The molecule has 0 bridgehead atoms. The quantitative estimate of drug-likeness (QED) is 0.766. The van der Waals surface area contributed by atoms with Gasteiger partial charge in [-0.05, 0) is 19.8 Å². The number of nitrogens with one attached hydrogen (secondary N) is 2. The van der Waals surface area contributed by atoms with Crippen molar-refractivity contribution < 1.29 is 19.1 Å². The summed E-state index contributed by atoms with van der Waals surface area (Å²) < 4.78 is 5.38. The van der Waals surface area contributed by atoms with Crippen molar-refractivity contribution in [1.29, 1.82) is 0 Å². The second-order valence-corrected chi connectivity index (χ2v) is 5.57. The van der Waals surface area contributed by atoms with Crippen molar-refractivity contribution in [2.75, 3.05) is 0 Å². The van der Waals surface area contributed by atoms with Gasteiger partial charge in [-0.1, -0.05) is 13.3 Å². The van der Waals surface area contributed by atoms with Gasteiger partial charge in [0.25, 0.3) is 0 Å². The van der Waals surface area contributed by atoms with Crippen molar-refractivity contribution in [2.45, 2.75) is 52.1 Å². The lowest BCUT2D eigenvalue weighted by Crippen LogP contribution is -2.50. The molecule has 21 heavy (non-hydrogen) atoms. The summed E-state index contributed by atoms with van der Waals surface area (Å²) in [6, 6.07) is -0.753. The number of urea groups is 1. The van der Waals surface area contributed by atoms with Crippen LogP contribution in [0.2, 0.25) is 0 Å². The Hall–Kier alpha value is -2.05. The maximum absolute atomic E-state index is 11.9. The number of carbonyl (C=O) groups is 2. The van der Waals surface area contributed by atoms with Crippen LogP contribution in [-0.2, 0) is 17.8 Å². The molecular formula is C14H21N3O4. The number of carbonyl (C=O) groups excluding carboxylic acids is 1. The summed E-state index contributed by atoms with van der Waals surface area (Å²) in [6.45, 7) is 3.81. The van der Waals surface area contributed by atoms with Crippen LogP contribution in [0.3, 0.4) is 0 Å². The van der Waals surface area contributed by atoms with Crippen molar-refractivity contribution in [3.05, 3.63) is 17.8 Å². The normalized spacial score (nSPS) is 24.8. The number of rotatable bonds is 5. The van der Waals surface area contributed by atoms with E-state index < -0.39 is 17.4 Å². The molecule has 0 aliphatic heterocycles. The minimum absolute atomic E-state index is 0.183. The molecule has 7 nitrogen and oxygen atoms in total. The highest BCUT2D eigenvalue weighted by molar-refractivity contribution is 5.79. The molecule has 1 aliphatic rings. The van der Waals surface area contributed by atoms with E-state index in [2.05, 4.69) is 15.6 Å². The standard InChI is InChI=1S/C14H21N3O4/c1-3-9-7-15-11(21-9)8-16-13(20)17-10-5-4-6-14(10,2)12(18)19/h7,10H,3-6,8H2,1-2H3,(H,18,19)(H2,16,17,20).